The Labute approximate surface area is 81.9 Å². The Morgan fingerprint density at radius 3 is 2.29 bits per heavy atom. The summed E-state index contributed by atoms with van der Waals surface area (Å²) in [7, 11) is -7.99. The van der Waals surface area contributed by atoms with Crippen LogP contribution in [0.3, 0.4) is 0 Å². The van der Waals surface area contributed by atoms with E-state index in [0.29, 0.717) is 0 Å². The molecule has 1 unspecified atom stereocenters. The number of phosphoric acid groups is 1. The zero-order valence-corrected chi connectivity index (χ0v) is 8.56. The number of phosphoric ester groups is 1. The first-order valence-corrected chi connectivity index (χ1v) is 6.00. The van der Waals surface area contributed by atoms with Crippen LogP contribution in [-0.4, -0.2) is 13.3 Å². The van der Waals surface area contributed by atoms with Crippen LogP contribution in [0.15, 0.2) is 30.3 Å². The third-order valence-electron chi connectivity index (χ3n) is 1.13. The van der Waals surface area contributed by atoms with E-state index in [1.165, 1.54) is 12.1 Å². The molecule has 0 saturated carbocycles. The van der Waals surface area contributed by atoms with Crippen LogP contribution in [0.4, 0.5) is 0 Å². The van der Waals surface area contributed by atoms with E-state index in [2.05, 4.69) is 8.49 Å². The molecule has 0 spiro atoms. The molecular weight excluding hydrogens is 231 g/mol. The lowest BCUT2D eigenvalue weighted by Gasteiger charge is -2.08. The van der Waals surface area contributed by atoms with Crippen molar-refractivity contribution in [2.45, 2.75) is 0 Å². The van der Waals surface area contributed by atoms with Gasteiger partial charge in [-0.2, -0.15) is 3.97 Å². The number of hydrogen-bond acceptors (Lipinski definition) is 5. The summed E-state index contributed by atoms with van der Waals surface area (Å²) in [6, 6.07) is 7.58. The van der Waals surface area contributed by atoms with Gasteiger partial charge < -0.3 is 4.52 Å². The summed E-state index contributed by atoms with van der Waals surface area (Å²) in [6.07, 6.45) is 0. The molecule has 1 aromatic carbocycles. The average molecular weight is 238 g/mol. The Kier molecular flexibility index (Phi) is 3.65. The van der Waals surface area contributed by atoms with Gasteiger partial charge in [0, 0.05) is 0 Å². The molecule has 0 heterocycles. The minimum absolute atomic E-state index is 0.0511. The Balaban J connectivity index is 2.73. The first-order chi connectivity index (χ1) is 6.49. The van der Waals surface area contributed by atoms with Crippen molar-refractivity contribution in [1.82, 2.24) is 0 Å². The topological polar surface area (TPSA) is 89.9 Å². The highest BCUT2D eigenvalue weighted by Gasteiger charge is 2.24. The van der Waals surface area contributed by atoms with Crippen molar-refractivity contribution in [1.29, 1.82) is 0 Å². The zero-order chi connectivity index (χ0) is 10.6. The van der Waals surface area contributed by atoms with Gasteiger partial charge in [0.15, 0.2) is 0 Å². The lowest BCUT2D eigenvalue weighted by molar-refractivity contribution is 0.297. The molecule has 0 radical (unpaired) electrons. The monoisotopic (exact) mass is 238 g/mol. The van der Waals surface area contributed by atoms with Gasteiger partial charge in [0.05, 0.1) is 0 Å². The fourth-order valence-electron chi connectivity index (χ4n) is 0.715. The van der Waals surface area contributed by atoms with Gasteiger partial charge in [-0.15, -0.1) is 0 Å². The Bertz CT molecular complexity index is 406. The lowest BCUT2D eigenvalue weighted by Crippen LogP contribution is -1.95. The van der Waals surface area contributed by atoms with Crippen LogP contribution in [0.2, 0.25) is 0 Å². The van der Waals surface area contributed by atoms with E-state index in [-0.39, 0.29) is 5.75 Å². The molecular formula is C6H7O6PS. The molecule has 1 rings (SSSR count). The number of rotatable bonds is 4. The molecule has 78 valence electrons. The smallest absolute Gasteiger partial charge is 0.403 e. The van der Waals surface area contributed by atoms with E-state index < -0.39 is 18.8 Å². The second-order valence-corrected chi connectivity index (χ2v) is 4.40. The largest absolute Gasteiger partial charge is 0.542 e. The van der Waals surface area contributed by atoms with Crippen LogP contribution < -0.4 is 4.52 Å². The first-order valence-electron chi connectivity index (χ1n) is 3.41. The molecule has 0 aliphatic carbocycles. The predicted molar refractivity (Wildman–Crippen MR) is 48.3 cm³/mol. The summed E-state index contributed by atoms with van der Waals surface area (Å²) in [5, 5.41) is 0. The maximum atomic E-state index is 10.9. The lowest BCUT2D eigenvalue weighted by atomic mass is 10.3. The zero-order valence-electron chi connectivity index (χ0n) is 6.77. The minimum atomic E-state index is -4.57. The van der Waals surface area contributed by atoms with E-state index in [4.69, 9.17) is 4.89 Å². The highest BCUT2D eigenvalue weighted by molar-refractivity contribution is 7.74. The van der Waals surface area contributed by atoms with Gasteiger partial charge in [-0.25, -0.2) is 13.0 Å². The molecule has 0 amide bonds. The quantitative estimate of drug-likeness (QED) is 0.593. The van der Waals surface area contributed by atoms with Gasteiger partial charge in [-0.1, -0.05) is 18.2 Å². The van der Waals surface area contributed by atoms with Crippen molar-refractivity contribution in [3.05, 3.63) is 30.3 Å². The highest BCUT2D eigenvalue weighted by atomic mass is 32.2. The second kappa shape index (κ2) is 4.56. The van der Waals surface area contributed by atoms with E-state index >= 15 is 0 Å². The number of para-hydroxylation sites is 1. The molecule has 0 saturated heterocycles. The second-order valence-electron chi connectivity index (χ2n) is 2.18. The first kappa shape index (κ1) is 11.2. The van der Waals surface area contributed by atoms with Crippen molar-refractivity contribution in [2.24, 2.45) is 0 Å². The van der Waals surface area contributed by atoms with E-state index in [1.807, 2.05) is 0 Å². The van der Waals surface area contributed by atoms with Crippen molar-refractivity contribution < 1.29 is 26.4 Å². The Morgan fingerprint density at radius 1 is 1.21 bits per heavy atom. The summed E-state index contributed by atoms with van der Waals surface area (Å²) in [4.78, 5) is 8.87. The summed E-state index contributed by atoms with van der Waals surface area (Å²) in [5.74, 6) is 0.0511. The van der Waals surface area contributed by atoms with Gasteiger partial charge in [0.2, 0.25) is 0 Å². The van der Waals surface area contributed by atoms with Crippen LogP contribution >= 0.6 is 7.82 Å². The molecule has 6 nitrogen and oxygen atoms in total. The molecule has 0 fully saturated rings. The highest BCUT2D eigenvalue weighted by Crippen LogP contribution is 2.43. The average Bonchev–Trinajstić information content (AvgIpc) is 2.02. The number of thiol groups is 1. The van der Waals surface area contributed by atoms with Crippen molar-refractivity contribution in [2.75, 3.05) is 0 Å². The molecule has 1 N–H and O–H groups in total. The van der Waals surface area contributed by atoms with Crippen LogP contribution in [0.5, 0.6) is 5.75 Å². The standard InChI is InChI=1S/C6H7O6PS/c7-13(8,12-14(9)10)11-6-4-2-1-3-5-6/h1-5,14H,(H,7,8). The summed E-state index contributed by atoms with van der Waals surface area (Å²) >= 11 is 0. The fourth-order valence-corrected chi connectivity index (χ4v) is 1.91. The van der Waals surface area contributed by atoms with Gasteiger partial charge >= 0.3 is 7.82 Å². The van der Waals surface area contributed by atoms with E-state index in [1.54, 1.807) is 18.2 Å². The maximum absolute atomic E-state index is 10.9. The third kappa shape index (κ3) is 3.89. The molecule has 1 atom stereocenters. The Morgan fingerprint density at radius 2 is 1.79 bits per heavy atom. The molecule has 14 heavy (non-hydrogen) atoms. The van der Waals surface area contributed by atoms with Crippen molar-refractivity contribution in [3.63, 3.8) is 0 Å². The van der Waals surface area contributed by atoms with Gasteiger partial charge in [0.25, 0.3) is 11.0 Å². The molecule has 0 bridgehead atoms. The Hall–Kier alpha value is -0.880. The third-order valence-corrected chi connectivity index (χ3v) is 2.93. The van der Waals surface area contributed by atoms with E-state index in [0.717, 1.165) is 0 Å². The number of hydrogen-bond donors (Lipinski definition) is 2. The fraction of sp³-hybridized carbons (Fsp3) is 0. The predicted octanol–water partition coefficient (Wildman–Crippen LogP) is 0.709. The van der Waals surface area contributed by atoms with Crippen LogP contribution in [-0.2, 0) is 19.5 Å². The molecule has 1 aromatic rings. The van der Waals surface area contributed by atoms with Crippen molar-refractivity contribution in [3.8, 4) is 5.75 Å². The van der Waals surface area contributed by atoms with E-state index in [9.17, 15) is 13.0 Å². The molecule has 0 aliphatic heterocycles. The van der Waals surface area contributed by atoms with Crippen LogP contribution in [0, 0.1) is 0 Å². The summed E-state index contributed by atoms with van der Waals surface area (Å²) < 4.78 is 39.0. The molecule has 0 aromatic heterocycles. The van der Waals surface area contributed by atoms with Crippen LogP contribution in [0.1, 0.15) is 0 Å². The van der Waals surface area contributed by atoms with Crippen LogP contribution in [0.25, 0.3) is 0 Å². The minimum Gasteiger partial charge on any atom is -0.403 e. The maximum Gasteiger partial charge on any atom is 0.542 e. The summed E-state index contributed by atoms with van der Waals surface area (Å²) in [5.41, 5.74) is 0. The molecule has 8 heteroatoms. The van der Waals surface area contributed by atoms with Gasteiger partial charge in [0.1, 0.15) is 5.75 Å². The SMILES string of the molecule is O=[SH](=O)OP(=O)(O)Oc1ccccc1. The van der Waals surface area contributed by atoms with Gasteiger partial charge in [-0.05, 0) is 12.1 Å². The normalized spacial score (nSPS) is 15.0. The van der Waals surface area contributed by atoms with Crippen molar-refractivity contribution >= 4 is 18.8 Å². The molecule has 0 aliphatic rings. The summed E-state index contributed by atoms with van der Waals surface area (Å²) in [6.45, 7) is 0. The van der Waals surface area contributed by atoms with Gasteiger partial charge in [-0.3, -0.25) is 4.89 Å². The number of benzene rings is 1.